The van der Waals surface area contributed by atoms with Gasteiger partial charge in [0.05, 0.1) is 6.20 Å². The minimum absolute atomic E-state index is 0.0977. The van der Waals surface area contributed by atoms with Gasteiger partial charge in [-0.1, -0.05) is 26.5 Å². The molecule has 1 aliphatic heterocycles. The molecule has 1 amide bonds. The van der Waals surface area contributed by atoms with Crippen LogP contribution in [-0.4, -0.2) is 40.3 Å². The maximum atomic E-state index is 12.4. The van der Waals surface area contributed by atoms with Crippen molar-refractivity contribution in [2.75, 3.05) is 19.8 Å². The molecule has 0 saturated carbocycles. The highest BCUT2D eigenvalue weighted by Gasteiger charge is 2.28. The van der Waals surface area contributed by atoms with Gasteiger partial charge >= 0.3 is 0 Å². The summed E-state index contributed by atoms with van der Waals surface area (Å²) in [7, 11) is 1.86. The highest BCUT2D eigenvalue weighted by Crippen LogP contribution is 2.35. The van der Waals surface area contributed by atoms with E-state index < -0.39 is 0 Å². The van der Waals surface area contributed by atoms with E-state index in [1.807, 2.05) is 31.4 Å². The molecule has 0 atom stereocenters. The molecular formula is C20H25N3O3. The van der Waals surface area contributed by atoms with E-state index in [-0.39, 0.29) is 11.3 Å². The van der Waals surface area contributed by atoms with Crippen LogP contribution in [0.2, 0.25) is 0 Å². The topological polar surface area (TPSA) is 56.6 Å². The van der Waals surface area contributed by atoms with E-state index in [4.69, 9.17) is 9.47 Å². The van der Waals surface area contributed by atoms with Crippen LogP contribution in [0.25, 0.3) is 0 Å². The van der Waals surface area contributed by atoms with Gasteiger partial charge < -0.3 is 14.4 Å². The van der Waals surface area contributed by atoms with E-state index in [2.05, 4.69) is 25.5 Å². The summed E-state index contributed by atoms with van der Waals surface area (Å²) in [5.74, 6) is 1.43. The van der Waals surface area contributed by atoms with Gasteiger partial charge in [-0.15, -0.1) is 0 Å². The maximum absolute atomic E-state index is 12.4. The second-order valence-electron chi connectivity index (χ2n) is 7.16. The third-order valence-corrected chi connectivity index (χ3v) is 4.53. The van der Waals surface area contributed by atoms with Crippen LogP contribution in [0.15, 0.2) is 43.2 Å². The summed E-state index contributed by atoms with van der Waals surface area (Å²) < 4.78 is 13.0. The largest absolute Gasteiger partial charge is 0.486 e. The highest BCUT2D eigenvalue weighted by atomic mass is 16.6. The van der Waals surface area contributed by atoms with Gasteiger partial charge in [-0.25, -0.2) is 0 Å². The molecular weight excluding hydrogens is 330 g/mol. The quantitative estimate of drug-likeness (QED) is 0.748. The fourth-order valence-corrected chi connectivity index (χ4v) is 3.15. The van der Waals surface area contributed by atoms with Crippen LogP contribution in [0.5, 0.6) is 11.5 Å². The molecule has 3 rings (SSSR count). The lowest BCUT2D eigenvalue weighted by molar-refractivity contribution is -0.127. The Hall–Kier alpha value is -2.76. The van der Waals surface area contributed by atoms with Gasteiger partial charge in [0.2, 0.25) is 5.91 Å². The molecule has 1 aromatic heterocycles. The van der Waals surface area contributed by atoms with E-state index in [9.17, 15) is 4.79 Å². The SMILES string of the molecule is C=CC(=O)N(Cc1cnn(C)c1)CC(C)(C)c1ccc2c(c1)OCCO2. The van der Waals surface area contributed by atoms with Crippen molar-refractivity contribution in [2.24, 2.45) is 7.05 Å². The number of fused-ring (bicyclic) bond motifs is 1. The highest BCUT2D eigenvalue weighted by molar-refractivity contribution is 5.87. The van der Waals surface area contributed by atoms with E-state index in [1.165, 1.54) is 6.08 Å². The third kappa shape index (κ3) is 3.90. The lowest BCUT2D eigenvalue weighted by Gasteiger charge is -2.33. The summed E-state index contributed by atoms with van der Waals surface area (Å²) in [5.41, 5.74) is 1.81. The first-order chi connectivity index (χ1) is 12.4. The Morgan fingerprint density at radius 2 is 2.08 bits per heavy atom. The van der Waals surface area contributed by atoms with Crippen LogP contribution >= 0.6 is 0 Å². The molecule has 1 aromatic carbocycles. The minimum Gasteiger partial charge on any atom is -0.486 e. The Morgan fingerprint density at radius 1 is 1.35 bits per heavy atom. The maximum Gasteiger partial charge on any atom is 0.246 e. The van der Waals surface area contributed by atoms with Crippen molar-refractivity contribution < 1.29 is 14.3 Å². The van der Waals surface area contributed by atoms with Crippen molar-refractivity contribution in [3.8, 4) is 11.5 Å². The number of hydrogen-bond acceptors (Lipinski definition) is 4. The van der Waals surface area contributed by atoms with Gasteiger partial charge in [-0.05, 0) is 23.8 Å². The average molecular weight is 355 g/mol. The fourth-order valence-electron chi connectivity index (χ4n) is 3.15. The molecule has 26 heavy (non-hydrogen) atoms. The van der Waals surface area contributed by atoms with Gasteiger partial charge in [0.15, 0.2) is 11.5 Å². The summed E-state index contributed by atoms with van der Waals surface area (Å²) in [6.07, 6.45) is 5.05. The molecule has 0 saturated heterocycles. The molecule has 0 bridgehead atoms. The molecule has 0 unspecified atom stereocenters. The number of nitrogens with zero attached hydrogens (tertiary/aromatic N) is 3. The molecule has 0 N–H and O–H groups in total. The zero-order valence-electron chi connectivity index (χ0n) is 15.6. The van der Waals surface area contributed by atoms with Crippen molar-refractivity contribution >= 4 is 5.91 Å². The first-order valence-corrected chi connectivity index (χ1v) is 8.68. The standard InChI is InChI=1S/C20H25N3O3/c1-5-19(24)23(13-15-11-21-22(4)12-15)14-20(2,3)16-6-7-17-18(10-16)26-9-8-25-17/h5-7,10-12H,1,8-9,13-14H2,2-4H3. The Labute approximate surface area is 154 Å². The molecule has 1 aliphatic rings. The van der Waals surface area contributed by atoms with Gasteiger partial charge in [0.25, 0.3) is 0 Å². The number of hydrogen-bond donors (Lipinski definition) is 0. The Morgan fingerprint density at radius 3 is 2.73 bits per heavy atom. The average Bonchev–Trinajstić information content (AvgIpc) is 3.04. The number of benzene rings is 1. The Bertz CT molecular complexity index is 810. The zero-order valence-corrected chi connectivity index (χ0v) is 15.6. The predicted octanol–water partition coefficient (Wildman–Crippen LogP) is 2.68. The normalized spacial score (nSPS) is 13.3. The number of rotatable bonds is 6. The second kappa shape index (κ2) is 7.23. The molecule has 6 nitrogen and oxygen atoms in total. The van der Waals surface area contributed by atoms with Crippen molar-refractivity contribution in [1.29, 1.82) is 0 Å². The summed E-state index contributed by atoms with van der Waals surface area (Å²) >= 11 is 0. The number of aryl methyl sites for hydroxylation is 1. The molecule has 0 spiro atoms. The summed E-state index contributed by atoms with van der Waals surface area (Å²) in [4.78, 5) is 14.2. The zero-order chi connectivity index (χ0) is 18.7. The van der Waals surface area contributed by atoms with Gasteiger partial charge in [0, 0.05) is 37.3 Å². The minimum atomic E-state index is -0.267. The lowest BCUT2D eigenvalue weighted by Crippen LogP contribution is -2.39. The number of amides is 1. The van der Waals surface area contributed by atoms with Crippen LogP contribution in [0, 0.1) is 0 Å². The first-order valence-electron chi connectivity index (χ1n) is 8.68. The van der Waals surface area contributed by atoms with Crippen LogP contribution in [0.1, 0.15) is 25.0 Å². The Balaban J connectivity index is 1.82. The number of carbonyl (C=O) groups is 1. The predicted molar refractivity (Wildman–Crippen MR) is 99.3 cm³/mol. The molecule has 2 heterocycles. The van der Waals surface area contributed by atoms with Crippen LogP contribution in [0.3, 0.4) is 0 Å². The van der Waals surface area contributed by atoms with Crippen LogP contribution in [-0.2, 0) is 23.8 Å². The summed E-state index contributed by atoms with van der Waals surface area (Å²) in [6, 6.07) is 5.98. The smallest absolute Gasteiger partial charge is 0.246 e. The number of ether oxygens (including phenoxy) is 2. The molecule has 0 radical (unpaired) electrons. The molecule has 0 fully saturated rings. The second-order valence-corrected chi connectivity index (χ2v) is 7.16. The summed E-state index contributed by atoms with van der Waals surface area (Å²) in [6.45, 7) is 10.0. The van der Waals surface area contributed by atoms with Crippen LogP contribution < -0.4 is 9.47 Å². The van der Waals surface area contributed by atoms with Gasteiger partial charge in [0.1, 0.15) is 13.2 Å². The lowest BCUT2D eigenvalue weighted by atomic mass is 9.83. The first kappa shape index (κ1) is 18.0. The summed E-state index contributed by atoms with van der Waals surface area (Å²) in [5, 5.41) is 4.18. The molecule has 6 heteroatoms. The van der Waals surface area contributed by atoms with Crippen molar-refractivity contribution in [1.82, 2.24) is 14.7 Å². The van der Waals surface area contributed by atoms with Crippen molar-refractivity contribution in [3.63, 3.8) is 0 Å². The van der Waals surface area contributed by atoms with Gasteiger partial charge in [-0.3, -0.25) is 9.48 Å². The monoisotopic (exact) mass is 355 g/mol. The van der Waals surface area contributed by atoms with E-state index in [0.717, 1.165) is 22.6 Å². The molecule has 2 aromatic rings. The molecule has 138 valence electrons. The number of aromatic nitrogens is 2. The van der Waals surface area contributed by atoms with E-state index in [0.29, 0.717) is 26.3 Å². The van der Waals surface area contributed by atoms with E-state index in [1.54, 1.807) is 15.8 Å². The fraction of sp³-hybridized carbons (Fsp3) is 0.400. The van der Waals surface area contributed by atoms with Crippen LogP contribution in [0.4, 0.5) is 0 Å². The Kier molecular flexibility index (Phi) is 5.02. The van der Waals surface area contributed by atoms with Gasteiger partial charge in [-0.2, -0.15) is 5.10 Å². The van der Waals surface area contributed by atoms with Crippen molar-refractivity contribution in [3.05, 3.63) is 54.4 Å². The van der Waals surface area contributed by atoms with E-state index >= 15 is 0 Å². The third-order valence-electron chi connectivity index (χ3n) is 4.53. The van der Waals surface area contributed by atoms with Crippen molar-refractivity contribution in [2.45, 2.75) is 25.8 Å². The number of carbonyl (C=O) groups excluding carboxylic acids is 1. The molecule has 0 aliphatic carbocycles.